The summed E-state index contributed by atoms with van der Waals surface area (Å²) in [6.45, 7) is 8.36. The molecule has 0 radical (unpaired) electrons. The third kappa shape index (κ3) is 7.11. The van der Waals surface area contributed by atoms with E-state index in [1.54, 1.807) is 6.92 Å². The maximum atomic E-state index is 11.3. The first-order chi connectivity index (χ1) is 7.11. The highest BCUT2D eigenvalue weighted by Crippen LogP contribution is 1.94. The molecular formula is C11H21NO3. The Morgan fingerprint density at radius 1 is 1.53 bits per heavy atom. The molecule has 1 unspecified atom stereocenters. The molecule has 0 saturated heterocycles. The number of carbonyl (C=O) groups excluding carboxylic acids is 1. The summed E-state index contributed by atoms with van der Waals surface area (Å²) in [6.07, 6.45) is 1.71. The Balaban J connectivity index is 3.73. The Morgan fingerprint density at radius 3 is 2.67 bits per heavy atom. The van der Waals surface area contributed by atoms with E-state index in [0.717, 1.165) is 12.8 Å². The molecule has 1 amide bonds. The monoisotopic (exact) mass is 215 g/mol. The summed E-state index contributed by atoms with van der Waals surface area (Å²) in [6, 6.07) is 0. The highest BCUT2D eigenvalue weighted by Gasteiger charge is 2.11. The van der Waals surface area contributed by atoms with Gasteiger partial charge in [0.2, 0.25) is 5.91 Å². The average molecular weight is 215 g/mol. The van der Waals surface area contributed by atoms with E-state index in [0.29, 0.717) is 18.8 Å². The van der Waals surface area contributed by atoms with Gasteiger partial charge in [-0.15, -0.1) is 0 Å². The van der Waals surface area contributed by atoms with Crippen LogP contribution < -0.4 is 5.32 Å². The standard InChI is InChI=1S/C11H21NO3/c1-5-6-7-15-8-10(14-4)12-11(13)9(2)3/h10H,2,5-8H2,1,3-4H3,(H,12,13). The molecule has 0 bridgehead atoms. The van der Waals surface area contributed by atoms with Crippen molar-refractivity contribution in [3.63, 3.8) is 0 Å². The second-order valence-corrected chi connectivity index (χ2v) is 3.41. The number of amides is 1. The number of nitrogens with one attached hydrogen (secondary N) is 1. The van der Waals surface area contributed by atoms with Gasteiger partial charge in [-0.2, -0.15) is 0 Å². The predicted molar refractivity (Wildman–Crippen MR) is 59.5 cm³/mol. The molecule has 0 aliphatic carbocycles. The van der Waals surface area contributed by atoms with Crippen molar-refractivity contribution < 1.29 is 14.3 Å². The third-order valence-electron chi connectivity index (χ3n) is 1.88. The van der Waals surface area contributed by atoms with Crippen LogP contribution in [-0.2, 0) is 14.3 Å². The Labute approximate surface area is 91.6 Å². The van der Waals surface area contributed by atoms with Gasteiger partial charge in [0, 0.05) is 19.3 Å². The molecule has 1 N–H and O–H groups in total. The van der Waals surface area contributed by atoms with Crippen molar-refractivity contribution in [3.8, 4) is 0 Å². The lowest BCUT2D eigenvalue weighted by atomic mass is 10.3. The van der Waals surface area contributed by atoms with E-state index >= 15 is 0 Å². The smallest absolute Gasteiger partial charge is 0.248 e. The van der Waals surface area contributed by atoms with Crippen molar-refractivity contribution in [2.45, 2.75) is 32.9 Å². The zero-order chi connectivity index (χ0) is 11.7. The lowest BCUT2D eigenvalue weighted by molar-refractivity contribution is -0.122. The minimum absolute atomic E-state index is 0.207. The number of unbranched alkanes of at least 4 members (excludes halogenated alkanes) is 1. The summed E-state index contributed by atoms with van der Waals surface area (Å²) < 4.78 is 10.4. The molecule has 4 heteroatoms. The molecule has 0 fully saturated rings. The maximum Gasteiger partial charge on any atom is 0.248 e. The molecule has 1 atom stereocenters. The Kier molecular flexibility index (Phi) is 7.95. The number of rotatable bonds is 8. The molecule has 15 heavy (non-hydrogen) atoms. The van der Waals surface area contributed by atoms with Crippen molar-refractivity contribution in [2.24, 2.45) is 0 Å². The van der Waals surface area contributed by atoms with E-state index in [1.807, 2.05) is 0 Å². The van der Waals surface area contributed by atoms with E-state index in [9.17, 15) is 4.79 Å². The number of hydrogen-bond donors (Lipinski definition) is 1. The summed E-state index contributed by atoms with van der Waals surface area (Å²) in [4.78, 5) is 11.3. The summed E-state index contributed by atoms with van der Waals surface area (Å²) >= 11 is 0. The van der Waals surface area contributed by atoms with Gasteiger partial charge in [0.1, 0.15) is 0 Å². The Morgan fingerprint density at radius 2 is 2.20 bits per heavy atom. The normalized spacial score (nSPS) is 12.2. The summed E-state index contributed by atoms with van der Waals surface area (Å²) in [5.74, 6) is -0.207. The van der Waals surface area contributed by atoms with E-state index in [-0.39, 0.29) is 5.91 Å². The number of ether oxygens (including phenoxy) is 2. The maximum absolute atomic E-state index is 11.3. The van der Waals surface area contributed by atoms with Crippen LogP contribution in [0.5, 0.6) is 0 Å². The first-order valence-electron chi connectivity index (χ1n) is 5.18. The quantitative estimate of drug-likeness (QED) is 0.379. The molecular weight excluding hydrogens is 194 g/mol. The van der Waals surface area contributed by atoms with E-state index in [4.69, 9.17) is 9.47 Å². The summed E-state index contributed by atoms with van der Waals surface area (Å²) in [5, 5.41) is 2.66. The van der Waals surface area contributed by atoms with Gasteiger partial charge in [-0.25, -0.2) is 0 Å². The first kappa shape index (κ1) is 14.1. The number of carbonyl (C=O) groups is 1. The topological polar surface area (TPSA) is 47.6 Å². The van der Waals surface area contributed by atoms with Gasteiger partial charge < -0.3 is 14.8 Å². The van der Waals surface area contributed by atoms with Crippen LogP contribution >= 0.6 is 0 Å². The summed E-state index contributed by atoms with van der Waals surface area (Å²) in [7, 11) is 1.53. The molecule has 0 aliphatic heterocycles. The first-order valence-corrected chi connectivity index (χ1v) is 5.18. The largest absolute Gasteiger partial charge is 0.377 e. The van der Waals surface area contributed by atoms with Crippen molar-refractivity contribution >= 4 is 5.91 Å². The number of methoxy groups -OCH3 is 1. The molecule has 0 aromatic heterocycles. The fraction of sp³-hybridized carbons (Fsp3) is 0.727. The predicted octanol–water partition coefficient (Wildman–Crippen LogP) is 1.47. The van der Waals surface area contributed by atoms with Crippen LogP contribution in [0.25, 0.3) is 0 Å². The summed E-state index contributed by atoms with van der Waals surface area (Å²) in [5.41, 5.74) is 0.464. The van der Waals surface area contributed by atoms with E-state index < -0.39 is 6.23 Å². The molecule has 88 valence electrons. The minimum atomic E-state index is -0.397. The van der Waals surface area contributed by atoms with Crippen molar-refractivity contribution in [1.82, 2.24) is 5.32 Å². The fourth-order valence-corrected chi connectivity index (χ4v) is 0.875. The zero-order valence-corrected chi connectivity index (χ0v) is 9.84. The lowest BCUT2D eigenvalue weighted by Gasteiger charge is -2.17. The van der Waals surface area contributed by atoms with Crippen molar-refractivity contribution in [3.05, 3.63) is 12.2 Å². The van der Waals surface area contributed by atoms with Gasteiger partial charge in [0.15, 0.2) is 6.23 Å². The van der Waals surface area contributed by atoms with Crippen molar-refractivity contribution in [1.29, 1.82) is 0 Å². The lowest BCUT2D eigenvalue weighted by Crippen LogP contribution is -2.39. The highest BCUT2D eigenvalue weighted by molar-refractivity contribution is 5.92. The van der Waals surface area contributed by atoms with Gasteiger partial charge in [0.05, 0.1) is 6.61 Å². The zero-order valence-electron chi connectivity index (χ0n) is 9.84. The Bertz CT molecular complexity index is 204. The average Bonchev–Trinajstić information content (AvgIpc) is 2.22. The van der Waals surface area contributed by atoms with Gasteiger partial charge in [-0.05, 0) is 13.3 Å². The molecule has 0 saturated carbocycles. The molecule has 0 aliphatic rings. The SMILES string of the molecule is C=C(C)C(=O)NC(COCCCC)OC. The second-order valence-electron chi connectivity index (χ2n) is 3.41. The molecule has 0 rings (SSSR count). The minimum Gasteiger partial charge on any atom is -0.377 e. The fourth-order valence-electron chi connectivity index (χ4n) is 0.875. The van der Waals surface area contributed by atoms with Crippen LogP contribution in [0.2, 0.25) is 0 Å². The molecule has 0 aromatic carbocycles. The third-order valence-corrected chi connectivity index (χ3v) is 1.88. The van der Waals surface area contributed by atoms with Gasteiger partial charge >= 0.3 is 0 Å². The highest BCUT2D eigenvalue weighted by atomic mass is 16.5. The van der Waals surface area contributed by atoms with Gasteiger partial charge in [-0.1, -0.05) is 19.9 Å². The van der Waals surface area contributed by atoms with Crippen LogP contribution in [0.15, 0.2) is 12.2 Å². The molecule has 4 nitrogen and oxygen atoms in total. The van der Waals surface area contributed by atoms with E-state index in [2.05, 4.69) is 18.8 Å². The van der Waals surface area contributed by atoms with Crippen LogP contribution in [0.4, 0.5) is 0 Å². The van der Waals surface area contributed by atoms with Crippen LogP contribution in [0.3, 0.4) is 0 Å². The van der Waals surface area contributed by atoms with Crippen molar-refractivity contribution in [2.75, 3.05) is 20.3 Å². The molecule has 0 aromatic rings. The second kappa shape index (κ2) is 8.44. The van der Waals surface area contributed by atoms with Crippen LogP contribution in [-0.4, -0.2) is 32.5 Å². The van der Waals surface area contributed by atoms with Crippen LogP contribution in [0, 0.1) is 0 Å². The Hall–Kier alpha value is -0.870. The molecule has 0 heterocycles. The van der Waals surface area contributed by atoms with Gasteiger partial charge in [0.25, 0.3) is 0 Å². The number of hydrogen-bond acceptors (Lipinski definition) is 3. The van der Waals surface area contributed by atoms with Gasteiger partial charge in [-0.3, -0.25) is 4.79 Å². The molecule has 0 spiro atoms. The van der Waals surface area contributed by atoms with Crippen LogP contribution in [0.1, 0.15) is 26.7 Å². The van der Waals surface area contributed by atoms with E-state index in [1.165, 1.54) is 7.11 Å².